The molecule has 0 unspecified atom stereocenters. The number of carbonyl (C=O) groups excluding carboxylic acids is 2. The summed E-state index contributed by atoms with van der Waals surface area (Å²) >= 11 is 0. The first kappa shape index (κ1) is 17.6. The molecule has 0 saturated heterocycles. The van der Waals surface area contributed by atoms with E-state index in [2.05, 4.69) is 5.16 Å². The number of aryl methyl sites for hydroxylation is 2. The summed E-state index contributed by atoms with van der Waals surface area (Å²) in [6.07, 6.45) is 0. The molecular weight excluding hydrogens is 328 g/mol. The fourth-order valence-electron chi connectivity index (χ4n) is 2.78. The van der Waals surface area contributed by atoms with Gasteiger partial charge in [-0.3, -0.25) is 9.59 Å². The Hall–Kier alpha value is -3.21. The highest BCUT2D eigenvalue weighted by molar-refractivity contribution is 6.42. The smallest absolute Gasteiger partial charge is 0.295 e. The van der Waals surface area contributed by atoms with Gasteiger partial charge in [-0.05, 0) is 25.0 Å². The SMILES string of the molecule is Cc1noc(C)c1CN(C)C(=O)C(=O)c1ccc(-c2ccccc2)cc1. The Morgan fingerprint density at radius 3 is 2.15 bits per heavy atom. The number of aromatic nitrogens is 1. The lowest BCUT2D eigenvalue weighted by Crippen LogP contribution is -2.33. The van der Waals surface area contributed by atoms with E-state index >= 15 is 0 Å². The highest BCUT2D eigenvalue weighted by Gasteiger charge is 2.22. The van der Waals surface area contributed by atoms with E-state index in [1.54, 1.807) is 26.1 Å². The summed E-state index contributed by atoms with van der Waals surface area (Å²) in [5.74, 6) is -0.432. The highest BCUT2D eigenvalue weighted by Crippen LogP contribution is 2.20. The fraction of sp³-hybridized carbons (Fsp3) is 0.190. The van der Waals surface area contributed by atoms with E-state index in [9.17, 15) is 9.59 Å². The van der Waals surface area contributed by atoms with Gasteiger partial charge in [0.2, 0.25) is 5.78 Å². The van der Waals surface area contributed by atoms with Gasteiger partial charge >= 0.3 is 0 Å². The summed E-state index contributed by atoms with van der Waals surface area (Å²) in [4.78, 5) is 26.4. The topological polar surface area (TPSA) is 63.4 Å². The number of amides is 1. The Morgan fingerprint density at radius 2 is 1.58 bits per heavy atom. The van der Waals surface area contributed by atoms with Crippen LogP contribution in [0.4, 0.5) is 0 Å². The maximum atomic E-state index is 12.5. The Morgan fingerprint density at radius 1 is 0.962 bits per heavy atom. The average Bonchev–Trinajstić information content (AvgIpc) is 2.99. The van der Waals surface area contributed by atoms with Crippen molar-refractivity contribution < 1.29 is 14.1 Å². The van der Waals surface area contributed by atoms with E-state index in [0.717, 1.165) is 22.4 Å². The van der Waals surface area contributed by atoms with Crippen LogP contribution < -0.4 is 0 Å². The van der Waals surface area contributed by atoms with Gasteiger partial charge in [0.1, 0.15) is 5.76 Å². The van der Waals surface area contributed by atoms with Crippen molar-refractivity contribution in [1.82, 2.24) is 10.1 Å². The number of likely N-dealkylation sites (N-methyl/N-ethyl adjacent to an activating group) is 1. The molecule has 5 nitrogen and oxygen atoms in total. The molecule has 0 aliphatic rings. The number of hydrogen-bond donors (Lipinski definition) is 0. The molecule has 0 saturated carbocycles. The van der Waals surface area contributed by atoms with Gasteiger partial charge < -0.3 is 9.42 Å². The molecule has 2 aromatic carbocycles. The fourth-order valence-corrected chi connectivity index (χ4v) is 2.78. The van der Waals surface area contributed by atoms with Gasteiger partial charge in [-0.25, -0.2) is 0 Å². The summed E-state index contributed by atoms with van der Waals surface area (Å²) in [5, 5.41) is 3.87. The number of carbonyl (C=O) groups is 2. The maximum absolute atomic E-state index is 12.5. The van der Waals surface area contributed by atoms with Crippen molar-refractivity contribution in [2.24, 2.45) is 0 Å². The first-order valence-electron chi connectivity index (χ1n) is 8.34. The molecule has 1 heterocycles. The molecule has 3 aromatic rings. The summed E-state index contributed by atoms with van der Waals surface area (Å²) in [5.41, 5.74) is 3.99. The van der Waals surface area contributed by atoms with E-state index < -0.39 is 11.7 Å². The van der Waals surface area contributed by atoms with Crippen LogP contribution in [0, 0.1) is 13.8 Å². The first-order valence-corrected chi connectivity index (χ1v) is 8.34. The average molecular weight is 348 g/mol. The number of rotatable bonds is 5. The van der Waals surface area contributed by atoms with Crippen molar-refractivity contribution in [3.63, 3.8) is 0 Å². The quantitative estimate of drug-likeness (QED) is 0.520. The summed E-state index contributed by atoms with van der Waals surface area (Å²) in [6.45, 7) is 3.89. The molecule has 3 rings (SSSR count). The molecule has 0 aliphatic carbocycles. The zero-order valence-electron chi connectivity index (χ0n) is 15.0. The van der Waals surface area contributed by atoms with Crippen molar-refractivity contribution in [1.29, 1.82) is 0 Å². The van der Waals surface area contributed by atoms with Crippen molar-refractivity contribution in [2.75, 3.05) is 7.05 Å². The maximum Gasteiger partial charge on any atom is 0.295 e. The lowest BCUT2D eigenvalue weighted by Gasteiger charge is -2.16. The Labute approximate surface area is 152 Å². The van der Waals surface area contributed by atoms with Crippen molar-refractivity contribution in [3.05, 3.63) is 77.2 Å². The molecule has 0 N–H and O–H groups in total. The van der Waals surface area contributed by atoms with Crippen LogP contribution in [-0.2, 0) is 11.3 Å². The summed E-state index contributed by atoms with van der Waals surface area (Å²) in [6, 6.07) is 16.9. The third kappa shape index (κ3) is 3.57. The molecule has 26 heavy (non-hydrogen) atoms. The van der Waals surface area contributed by atoms with E-state index in [0.29, 0.717) is 11.3 Å². The standard InChI is InChI=1S/C21H20N2O3/c1-14-19(15(2)26-22-14)13-23(3)21(25)20(24)18-11-9-17(10-12-18)16-7-5-4-6-8-16/h4-12H,13H2,1-3H3. The number of hydrogen-bond acceptors (Lipinski definition) is 4. The minimum Gasteiger partial charge on any atom is -0.361 e. The minimum atomic E-state index is -0.558. The van der Waals surface area contributed by atoms with E-state index in [1.165, 1.54) is 4.90 Å². The molecule has 0 fully saturated rings. The second kappa shape index (κ2) is 7.35. The van der Waals surface area contributed by atoms with Gasteiger partial charge in [0, 0.05) is 18.2 Å². The number of Topliss-reactive ketones (excluding diaryl/α,β-unsaturated/α-hetero) is 1. The van der Waals surface area contributed by atoms with Gasteiger partial charge in [-0.2, -0.15) is 0 Å². The summed E-state index contributed by atoms with van der Waals surface area (Å²) < 4.78 is 5.10. The predicted molar refractivity (Wildman–Crippen MR) is 98.7 cm³/mol. The lowest BCUT2D eigenvalue weighted by atomic mass is 10.0. The third-order valence-electron chi connectivity index (χ3n) is 4.37. The lowest BCUT2D eigenvalue weighted by molar-refractivity contribution is -0.125. The molecule has 0 aliphatic heterocycles. The van der Waals surface area contributed by atoms with Crippen LogP contribution in [0.25, 0.3) is 11.1 Å². The Bertz CT molecular complexity index is 908. The van der Waals surface area contributed by atoms with Gasteiger partial charge in [0.15, 0.2) is 0 Å². The van der Waals surface area contributed by atoms with Crippen LogP contribution in [0.15, 0.2) is 59.1 Å². The van der Waals surface area contributed by atoms with Crippen molar-refractivity contribution >= 4 is 11.7 Å². The number of benzene rings is 2. The molecule has 0 bridgehead atoms. The Kier molecular flexibility index (Phi) is 4.98. The second-order valence-electron chi connectivity index (χ2n) is 6.24. The van der Waals surface area contributed by atoms with Gasteiger partial charge in [0.25, 0.3) is 5.91 Å². The zero-order valence-corrected chi connectivity index (χ0v) is 15.0. The minimum absolute atomic E-state index is 0.286. The molecule has 0 atom stereocenters. The number of ketones is 1. The summed E-state index contributed by atoms with van der Waals surface area (Å²) in [7, 11) is 1.60. The van der Waals surface area contributed by atoms with Gasteiger partial charge in [-0.15, -0.1) is 0 Å². The number of nitrogens with zero attached hydrogens (tertiary/aromatic N) is 2. The van der Waals surface area contributed by atoms with Crippen LogP contribution in [0.3, 0.4) is 0 Å². The van der Waals surface area contributed by atoms with Crippen LogP contribution in [0.1, 0.15) is 27.4 Å². The predicted octanol–water partition coefficient (Wildman–Crippen LogP) is 3.80. The van der Waals surface area contributed by atoms with E-state index in [4.69, 9.17) is 4.52 Å². The third-order valence-corrected chi connectivity index (χ3v) is 4.37. The van der Waals surface area contributed by atoms with Gasteiger partial charge in [0.05, 0.1) is 12.2 Å². The molecule has 132 valence electrons. The molecule has 0 radical (unpaired) electrons. The zero-order chi connectivity index (χ0) is 18.7. The monoisotopic (exact) mass is 348 g/mol. The molecule has 5 heteroatoms. The van der Waals surface area contributed by atoms with E-state index in [1.807, 2.05) is 49.4 Å². The molecular formula is C21H20N2O3. The second-order valence-corrected chi connectivity index (χ2v) is 6.24. The normalized spacial score (nSPS) is 10.6. The Balaban J connectivity index is 1.73. The van der Waals surface area contributed by atoms with Crippen LogP contribution in [0.5, 0.6) is 0 Å². The van der Waals surface area contributed by atoms with Gasteiger partial charge in [-0.1, -0.05) is 59.8 Å². The largest absolute Gasteiger partial charge is 0.361 e. The van der Waals surface area contributed by atoms with Crippen molar-refractivity contribution in [3.8, 4) is 11.1 Å². The van der Waals surface area contributed by atoms with Crippen molar-refractivity contribution in [2.45, 2.75) is 20.4 Å². The highest BCUT2D eigenvalue weighted by atomic mass is 16.5. The molecule has 0 spiro atoms. The van der Waals surface area contributed by atoms with Crippen LogP contribution in [-0.4, -0.2) is 28.8 Å². The first-order chi connectivity index (χ1) is 12.5. The van der Waals surface area contributed by atoms with Crippen LogP contribution >= 0.6 is 0 Å². The van der Waals surface area contributed by atoms with Crippen LogP contribution in [0.2, 0.25) is 0 Å². The molecule has 1 aromatic heterocycles. The van der Waals surface area contributed by atoms with E-state index in [-0.39, 0.29) is 6.54 Å². The molecule has 1 amide bonds.